The summed E-state index contributed by atoms with van der Waals surface area (Å²) in [5.41, 5.74) is 3.66. The van der Waals surface area contributed by atoms with Gasteiger partial charge in [0, 0.05) is 17.5 Å². The first-order valence-corrected chi connectivity index (χ1v) is 6.61. The van der Waals surface area contributed by atoms with Gasteiger partial charge in [-0.2, -0.15) is 0 Å². The van der Waals surface area contributed by atoms with Gasteiger partial charge in [0.1, 0.15) is 5.76 Å². The lowest BCUT2D eigenvalue weighted by Gasteiger charge is -2.06. The van der Waals surface area contributed by atoms with Crippen molar-refractivity contribution in [3.63, 3.8) is 0 Å². The molecule has 0 spiro atoms. The van der Waals surface area contributed by atoms with E-state index in [0.717, 1.165) is 23.1 Å². The quantitative estimate of drug-likeness (QED) is 0.768. The van der Waals surface area contributed by atoms with Crippen LogP contribution in [-0.2, 0) is 6.54 Å². The smallest absolute Gasteiger partial charge is 0.170 e. The van der Waals surface area contributed by atoms with Crippen LogP contribution in [0.25, 0.3) is 22.3 Å². The zero-order valence-corrected chi connectivity index (χ0v) is 11.5. The molecule has 3 rings (SSSR count). The van der Waals surface area contributed by atoms with Gasteiger partial charge in [-0.1, -0.05) is 30.3 Å². The third kappa shape index (κ3) is 2.21. The number of para-hydroxylation sites is 1. The van der Waals surface area contributed by atoms with E-state index in [0.29, 0.717) is 11.3 Å². The van der Waals surface area contributed by atoms with E-state index in [1.165, 1.54) is 11.6 Å². The van der Waals surface area contributed by atoms with Crippen LogP contribution in [0.1, 0.15) is 11.1 Å². The monoisotopic (exact) mass is 269 g/mol. The predicted molar refractivity (Wildman–Crippen MR) is 79.1 cm³/mol. The minimum absolute atomic E-state index is 0.321. The number of nitrogens with one attached hydrogen (secondary N) is 1. The molecule has 0 radical (unpaired) electrons. The first-order valence-electron chi connectivity index (χ1n) is 6.61. The summed E-state index contributed by atoms with van der Waals surface area (Å²) in [5.74, 6) is 0.386. The van der Waals surface area contributed by atoms with Gasteiger partial charge in [0.05, 0.1) is 0 Å². The van der Waals surface area contributed by atoms with Gasteiger partial charge in [0.25, 0.3) is 0 Å². The molecule has 0 saturated carbocycles. The van der Waals surface area contributed by atoms with Crippen molar-refractivity contribution in [2.75, 3.05) is 7.05 Å². The Morgan fingerprint density at radius 3 is 2.70 bits per heavy atom. The molecule has 0 bridgehead atoms. The Hall–Kier alpha value is -2.13. The van der Waals surface area contributed by atoms with E-state index in [1.807, 2.05) is 32.2 Å². The van der Waals surface area contributed by atoms with Crippen molar-refractivity contribution in [2.24, 2.45) is 0 Å². The van der Waals surface area contributed by atoms with Gasteiger partial charge in [0.15, 0.2) is 11.4 Å². The Kier molecular flexibility index (Phi) is 3.28. The molecule has 0 aliphatic rings. The average molecular weight is 269 g/mol. The van der Waals surface area contributed by atoms with Crippen LogP contribution in [0.3, 0.4) is 0 Å². The van der Waals surface area contributed by atoms with Crippen LogP contribution in [0, 0.1) is 12.7 Å². The highest BCUT2D eigenvalue weighted by atomic mass is 19.1. The van der Waals surface area contributed by atoms with Crippen LogP contribution in [0.4, 0.5) is 4.39 Å². The highest BCUT2D eigenvalue weighted by molar-refractivity contribution is 5.83. The average Bonchev–Trinajstić information content (AvgIpc) is 2.84. The number of fused-ring (bicyclic) bond motifs is 1. The summed E-state index contributed by atoms with van der Waals surface area (Å²) < 4.78 is 19.4. The van der Waals surface area contributed by atoms with Crippen molar-refractivity contribution in [1.29, 1.82) is 0 Å². The largest absolute Gasteiger partial charge is 0.453 e. The van der Waals surface area contributed by atoms with Crippen molar-refractivity contribution in [3.8, 4) is 11.3 Å². The molecule has 1 N–H and O–H groups in total. The topological polar surface area (TPSA) is 25.2 Å². The van der Waals surface area contributed by atoms with Crippen LogP contribution in [0.2, 0.25) is 0 Å². The molecular formula is C17H16FNO. The molecular weight excluding hydrogens is 253 g/mol. The second-order valence-electron chi connectivity index (χ2n) is 4.95. The number of rotatable bonds is 3. The third-order valence-electron chi connectivity index (χ3n) is 3.43. The zero-order chi connectivity index (χ0) is 14.1. The van der Waals surface area contributed by atoms with Crippen molar-refractivity contribution < 1.29 is 8.81 Å². The van der Waals surface area contributed by atoms with Crippen LogP contribution in [0.5, 0.6) is 0 Å². The number of furan rings is 1. The van der Waals surface area contributed by atoms with E-state index in [4.69, 9.17) is 4.42 Å². The van der Waals surface area contributed by atoms with E-state index in [1.54, 1.807) is 6.07 Å². The van der Waals surface area contributed by atoms with Crippen molar-refractivity contribution in [2.45, 2.75) is 13.5 Å². The molecule has 0 saturated heterocycles. The Labute approximate surface area is 117 Å². The Bertz CT molecular complexity index is 761. The maximum absolute atomic E-state index is 13.7. The van der Waals surface area contributed by atoms with Crippen LogP contribution in [-0.4, -0.2) is 7.05 Å². The fourth-order valence-corrected chi connectivity index (χ4v) is 2.48. The van der Waals surface area contributed by atoms with Gasteiger partial charge in [-0.25, -0.2) is 4.39 Å². The SMILES string of the molecule is CNCc1ccc(-c2cc3cccc(F)c3o2)c(C)c1. The van der Waals surface area contributed by atoms with Gasteiger partial charge in [-0.05, 0) is 37.2 Å². The molecule has 0 unspecified atom stereocenters. The fourth-order valence-electron chi connectivity index (χ4n) is 2.48. The number of hydrogen-bond acceptors (Lipinski definition) is 2. The first kappa shape index (κ1) is 12.9. The number of aryl methyl sites for hydroxylation is 1. The van der Waals surface area contributed by atoms with Crippen LogP contribution in [0.15, 0.2) is 46.9 Å². The summed E-state index contributed by atoms with van der Waals surface area (Å²) in [5, 5.41) is 3.92. The Balaban J connectivity index is 2.08. The summed E-state index contributed by atoms with van der Waals surface area (Å²) >= 11 is 0. The zero-order valence-electron chi connectivity index (χ0n) is 11.5. The van der Waals surface area contributed by atoms with Crippen molar-refractivity contribution in [1.82, 2.24) is 5.32 Å². The van der Waals surface area contributed by atoms with E-state index >= 15 is 0 Å². The number of benzene rings is 2. The van der Waals surface area contributed by atoms with E-state index < -0.39 is 0 Å². The summed E-state index contributed by atoms with van der Waals surface area (Å²) in [6.07, 6.45) is 0. The standard InChI is InChI=1S/C17H16FNO/c1-11-8-12(10-19-2)6-7-14(11)16-9-13-4-3-5-15(18)17(13)20-16/h3-9,19H,10H2,1-2H3. The Morgan fingerprint density at radius 2 is 2.00 bits per heavy atom. The highest BCUT2D eigenvalue weighted by Gasteiger charge is 2.11. The molecule has 102 valence electrons. The second kappa shape index (κ2) is 5.10. The van der Waals surface area contributed by atoms with Gasteiger partial charge < -0.3 is 9.73 Å². The summed E-state index contributed by atoms with van der Waals surface area (Å²) in [6.45, 7) is 2.87. The molecule has 3 aromatic rings. The van der Waals surface area contributed by atoms with Crippen molar-refractivity contribution >= 4 is 11.0 Å². The third-order valence-corrected chi connectivity index (χ3v) is 3.43. The molecule has 0 aliphatic carbocycles. The molecule has 0 amide bonds. The lowest BCUT2D eigenvalue weighted by Crippen LogP contribution is -2.05. The number of halogens is 1. The summed E-state index contributed by atoms with van der Waals surface area (Å²) in [7, 11) is 1.92. The minimum atomic E-state index is -0.321. The molecule has 2 nitrogen and oxygen atoms in total. The molecule has 0 aliphatic heterocycles. The molecule has 2 aromatic carbocycles. The minimum Gasteiger partial charge on any atom is -0.453 e. The van der Waals surface area contributed by atoms with Crippen molar-refractivity contribution in [3.05, 3.63) is 59.4 Å². The Morgan fingerprint density at radius 1 is 1.15 bits per heavy atom. The maximum atomic E-state index is 13.7. The fraction of sp³-hybridized carbons (Fsp3) is 0.176. The molecule has 20 heavy (non-hydrogen) atoms. The first-order chi connectivity index (χ1) is 9.69. The van der Waals surface area contributed by atoms with E-state index in [2.05, 4.69) is 17.4 Å². The maximum Gasteiger partial charge on any atom is 0.170 e. The summed E-state index contributed by atoms with van der Waals surface area (Å²) in [4.78, 5) is 0. The van der Waals surface area contributed by atoms with Gasteiger partial charge >= 0.3 is 0 Å². The van der Waals surface area contributed by atoms with Crippen LogP contribution < -0.4 is 5.32 Å². The van der Waals surface area contributed by atoms with E-state index in [-0.39, 0.29) is 5.82 Å². The van der Waals surface area contributed by atoms with Crippen LogP contribution >= 0.6 is 0 Å². The van der Waals surface area contributed by atoms with Gasteiger partial charge in [0.2, 0.25) is 0 Å². The summed E-state index contributed by atoms with van der Waals surface area (Å²) in [6, 6.07) is 13.1. The lowest BCUT2D eigenvalue weighted by molar-refractivity contribution is 0.568. The molecule has 3 heteroatoms. The highest BCUT2D eigenvalue weighted by Crippen LogP contribution is 2.31. The molecule has 1 aromatic heterocycles. The predicted octanol–water partition coefficient (Wildman–Crippen LogP) is 4.27. The lowest BCUT2D eigenvalue weighted by atomic mass is 10.0. The molecule has 1 heterocycles. The molecule has 0 atom stereocenters. The van der Waals surface area contributed by atoms with E-state index in [9.17, 15) is 4.39 Å². The second-order valence-corrected chi connectivity index (χ2v) is 4.95. The normalized spacial score (nSPS) is 11.2. The van der Waals surface area contributed by atoms with Gasteiger partial charge in [-0.15, -0.1) is 0 Å². The number of hydrogen-bond donors (Lipinski definition) is 1. The van der Waals surface area contributed by atoms with Gasteiger partial charge in [-0.3, -0.25) is 0 Å². The molecule has 0 fully saturated rings.